The predicted molar refractivity (Wildman–Crippen MR) is 74.4 cm³/mol. The third kappa shape index (κ3) is 3.88. The Labute approximate surface area is 108 Å². The topological polar surface area (TPSA) is 24.7 Å². The van der Waals surface area contributed by atoms with Crippen LogP contribution in [-0.2, 0) is 0 Å². The summed E-state index contributed by atoms with van der Waals surface area (Å²) >= 11 is 8.93. The quantitative estimate of drug-likeness (QED) is 0.553. The summed E-state index contributed by atoms with van der Waals surface area (Å²) in [6.45, 7) is 4.40. The van der Waals surface area contributed by atoms with E-state index < -0.39 is 0 Å². The van der Waals surface area contributed by atoms with Gasteiger partial charge < -0.3 is 0 Å². The molecule has 88 valence electrons. The average Bonchev–Trinajstić information content (AvgIpc) is 2.30. The molecule has 0 aliphatic heterocycles. The Bertz CT molecular complexity index is 285. The fraction of sp³-hybridized carbons (Fsp3) is 0.833. The van der Waals surface area contributed by atoms with Crippen molar-refractivity contribution in [2.45, 2.75) is 51.6 Å². The van der Waals surface area contributed by atoms with Crippen LogP contribution in [-0.4, -0.2) is 22.4 Å². The fourth-order valence-electron chi connectivity index (χ4n) is 1.82. The van der Waals surface area contributed by atoms with Gasteiger partial charge in [0.15, 0.2) is 0 Å². The van der Waals surface area contributed by atoms with Crippen molar-refractivity contribution in [3.8, 4) is 0 Å². The van der Waals surface area contributed by atoms with E-state index in [1.54, 1.807) is 0 Å². The molecule has 2 rings (SSSR count). The minimum Gasteiger partial charge on any atom is -0.229 e. The van der Waals surface area contributed by atoms with E-state index >= 15 is 0 Å². The van der Waals surface area contributed by atoms with Gasteiger partial charge in [0.2, 0.25) is 0 Å². The van der Waals surface area contributed by atoms with Gasteiger partial charge in [0.1, 0.15) is 0 Å². The Balaban J connectivity index is 0.000000160. The van der Waals surface area contributed by atoms with Gasteiger partial charge in [-0.15, -0.1) is 0 Å². The Morgan fingerprint density at radius 1 is 0.812 bits per heavy atom. The zero-order chi connectivity index (χ0) is 12.0. The average molecular weight is 254 g/mol. The summed E-state index contributed by atoms with van der Waals surface area (Å²) in [4.78, 5) is 7.95. The van der Waals surface area contributed by atoms with Gasteiger partial charge >= 0.3 is 0 Å². The first-order chi connectivity index (χ1) is 7.69. The van der Waals surface area contributed by atoms with Crippen LogP contribution in [0.3, 0.4) is 0 Å². The molecule has 4 heteroatoms. The molecule has 2 aliphatic carbocycles. The lowest BCUT2D eigenvalue weighted by Gasteiger charge is -2.28. The smallest absolute Gasteiger partial charge is 0.0628 e. The summed E-state index contributed by atoms with van der Waals surface area (Å²) in [6, 6.07) is 1.01. The zero-order valence-corrected chi connectivity index (χ0v) is 11.5. The maximum absolute atomic E-state index is 4.46. The number of hydrogen-bond donors (Lipinski definition) is 0. The molecule has 0 amide bonds. The SMILES string of the molecule is C[C@@H]1CC[C@H]1N=C=S.C[C@H]1CC[C@@H]1N=C=S. The highest BCUT2D eigenvalue weighted by Crippen LogP contribution is 2.29. The second-order valence-electron chi connectivity index (χ2n) is 4.68. The van der Waals surface area contributed by atoms with Gasteiger partial charge in [-0.05, 0) is 62.0 Å². The molecule has 0 unspecified atom stereocenters. The van der Waals surface area contributed by atoms with E-state index in [0.717, 1.165) is 11.8 Å². The van der Waals surface area contributed by atoms with Crippen molar-refractivity contribution in [1.82, 2.24) is 0 Å². The first-order valence-electron chi connectivity index (χ1n) is 5.83. The number of isothiocyanates is 2. The number of nitrogens with zero attached hydrogens (tertiary/aromatic N) is 2. The van der Waals surface area contributed by atoms with Gasteiger partial charge in [0.05, 0.1) is 22.4 Å². The lowest BCUT2D eigenvalue weighted by Crippen LogP contribution is -2.26. The second-order valence-corrected chi connectivity index (χ2v) is 5.05. The highest BCUT2D eigenvalue weighted by molar-refractivity contribution is 7.78. The van der Waals surface area contributed by atoms with Gasteiger partial charge in [0, 0.05) is 0 Å². The molecule has 2 fully saturated rings. The van der Waals surface area contributed by atoms with Crippen molar-refractivity contribution >= 4 is 34.8 Å². The van der Waals surface area contributed by atoms with Gasteiger partial charge in [-0.3, -0.25) is 0 Å². The summed E-state index contributed by atoms with van der Waals surface area (Å²) in [5.41, 5.74) is 0. The van der Waals surface area contributed by atoms with Crippen LogP contribution >= 0.6 is 24.4 Å². The van der Waals surface area contributed by atoms with Crippen LogP contribution in [0, 0.1) is 11.8 Å². The molecular weight excluding hydrogens is 236 g/mol. The molecule has 16 heavy (non-hydrogen) atoms. The molecule has 0 aromatic carbocycles. The van der Waals surface area contributed by atoms with Crippen LogP contribution in [0.5, 0.6) is 0 Å². The number of rotatable bonds is 2. The molecule has 0 heterocycles. The van der Waals surface area contributed by atoms with Gasteiger partial charge in [-0.2, -0.15) is 0 Å². The molecule has 0 spiro atoms. The Morgan fingerprint density at radius 2 is 1.19 bits per heavy atom. The molecule has 0 bridgehead atoms. The van der Waals surface area contributed by atoms with Crippen molar-refractivity contribution in [2.75, 3.05) is 0 Å². The van der Waals surface area contributed by atoms with E-state index in [4.69, 9.17) is 0 Å². The lowest BCUT2D eigenvalue weighted by molar-refractivity contribution is 0.285. The van der Waals surface area contributed by atoms with Gasteiger partial charge in [0.25, 0.3) is 0 Å². The monoisotopic (exact) mass is 254 g/mol. The molecular formula is C12H18N2S2. The van der Waals surface area contributed by atoms with Gasteiger partial charge in [-0.25, -0.2) is 9.98 Å². The third-order valence-corrected chi connectivity index (χ3v) is 3.80. The summed E-state index contributed by atoms with van der Waals surface area (Å²) in [6.07, 6.45) is 5.05. The van der Waals surface area contributed by atoms with Crippen LogP contribution < -0.4 is 0 Å². The summed E-state index contributed by atoms with van der Waals surface area (Å²) < 4.78 is 0. The number of aliphatic imine (C=N–C) groups is 2. The highest BCUT2D eigenvalue weighted by Gasteiger charge is 2.25. The van der Waals surface area contributed by atoms with Crippen LogP contribution in [0.4, 0.5) is 0 Å². The minimum atomic E-state index is 0.507. The minimum absolute atomic E-state index is 0.507. The maximum Gasteiger partial charge on any atom is 0.0628 e. The Kier molecular flexibility index (Phi) is 6.00. The van der Waals surface area contributed by atoms with Crippen LogP contribution in [0.1, 0.15) is 39.5 Å². The van der Waals surface area contributed by atoms with Gasteiger partial charge in [-0.1, -0.05) is 13.8 Å². The van der Waals surface area contributed by atoms with Crippen LogP contribution in [0.15, 0.2) is 9.98 Å². The molecule has 0 N–H and O–H groups in total. The van der Waals surface area contributed by atoms with Crippen LogP contribution in [0.25, 0.3) is 0 Å². The molecule has 4 atom stereocenters. The fourth-order valence-corrected chi connectivity index (χ4v) is 2.09. The summed E-state index contributed by atoms with van der Waals surface area (Å²) in [7, 11) is 0. The molecule has 0 aromatic rings. The number of thiocarbonyl (C=S) groups is 2. The summed E-state index contributed by atoms with van der Waals surface area (Å²) in [5, 5.41) is 4.82. The van der Waals surface area contributed by atoms with E-state index in [-0.39, 0.29) is 0 Å². The summed E-state index contributed by atoms with van der Waals surface area (Å²) in [5.74, 6) is 1.51. The van der Waals surface area contributed by atoms with Crippen LogP contribution in [0.2, 0.25) is 0 Å². The zero-order valence-electron chi connectivity index (χ0n) is 9.85. The molecule has 0 saturated heterocycles. The van der Waals surface area contributed by atoms with E-state index in [2.05, 4.69) is 58.6 Å². The van der Waals surface area contributed by atoms with E-state index in [1.165, 1.54) is 25.7 Å². The first kappa shape index (κ1) is 13.7. The Morgan fingerprint density at radius 3 is 1.25 bits per heavy atom. The Hall–Kier alpha value is -0.400. The van der Waals surface area contributed by atoms with Crippen molar-refractivity contribution in [2.24, 2.45) is 21.8 Å². The molecule has 2 nitrogen and oxygen atoms in total. The first-order valence-corrected chi connectivity index (χ1v) is 6.64. The predicted octanol–water partition coefficient (Wildman–Crippen LogP) is 3.78. The standard InChI is InChI=1S/2C6H9NS/c2*1-5-2-3-6(5)7-4-8/h2*5-6H,2-3H2,1H3/t2*5-,6-/m10/s1. The molecule has 2 aliphatic rings. The second kappa shape index (κ2) is 7.03. The molecule has 0 aromatic heterocycles. The van der Waals surface area contributed by atoms with E-state index in [0.29, 0.717) is 12.1 Å². The van der Waals surface area contributed by atoms with E-state index in [1.807, 2.05) is 0 Å². The van der Waals surface area contributed by atoms with Crippen molar-refractivity contribution < 1.29 is 0 Å². The van der Waals surface area contributed by atoms with E-state index in [9.17, 15) is 0 Å². The number of hydrogen-bond acceptors (Lipinski definition) is 4. The normalized spacial score (nSPS) is 35.1. The van der Waals surface area contributed by atoms with Crippen molar-refractivity contribution in [3.63, 3.8) is 0 Å². The maximum atomic E-state index is 4.46. The highest BCUT2D eigenvalue weighted by atomic mass is 32.1. The molecule has 0 radical (unpaired) electrons. The third-order valence-electron chi connectivity index (χ3n) is 3.59. The molecule has 2 saturated carbocycles. The van der Waals surface area contributed by atoms with Crippen molar-refractivity contribution in [1.29, 1.82) is 0 Å². The van der Waals surface area contributed by atoms with Crippen molar-refractivity contribution in [3.05, 3.63) is 0 Å². The lowest BCUT2D eigenvalue weighted by atomic mass is 9.82. The largest absolute Gasteiger partial charge is 0.229 e.